The first kappa shape index (κ1) is 18.4. The van der Waals surface area contributed by atoms with Crippen LogP contribution in [-0.4, -0.2) is 5.78 Å². The Hall–Kier alpha value is -2.41. The Morgan fingerprint density at radius 3 is 1.81 bits per heavy atom. The summed E-state index contributed by atoms with van der Waals surface area (Å²) in [6, 6.07) is 14.9. The largest absolute Gasteiger partial charge is 0.289 e. The van der Waals surface area contributed by atoms with Crippen LogP contribution in [0.4, 0.5) is 0 Å². The van der Waals surface area contributed by atoms with Crippen molar-refractivity contribution in [3.63, 3.8) is 0 Å². The van der Waals surface area contributed by atoms with E-state index in [4.69, 9.17) is 0 Å². The molecular formula is C25H28O. The maximum Gasteiger partial charge on any atom is 0.186 e. The molecule has 1 aliphatic rings. The van der Waals surface area contributed by atoms with E-state index < -0.39 is 0 Å². The number of hydrogen-bond acceptors (Lipinski definition) is 1. The van der Waals surface area contributed by atoms with Gasteiger partial charge < -0.3 is 0 Å². The zero-order valence-corrected chi connectivity index (χ0v) is 16.7. The fraction of sp³-hybridized carbons (Fsp3) is 0.320. The van der Waals surface area contributed by atoms with E-state index in [1.54, 1.807) is 0 Å². The molecule has 0 aromatic heterocycles. The summed E-state index contributed by atoms with van der Waals surface area (Å²) in [6.07, 6.45) is 6.30. The van der Waals surface area contributed by atoms with Crippen molar-refractivity contribution in [2.75, 3.05) is 0 Å². The molecule has 0 amide bonds. The highest BCUT2D eigenvalue weighted by Gasteiger charge is 2.33. The van der Waals surface area contributed by atoms with Gasteiger partial charge in [-0.1, -0.05) is 77.9 Å². The highest BCUT2D eigenvalue weighted by molar-refractivity contribution is 6.12. The van der Waals surface area contributed by atoms with Crippen LogP contribution in [0.3, 0.4) is 0 Å². The molecule has 134 valence electrons. The van der Waals surface area contributed by atoms with Crippen LogP contribution in [0.25, 0.3) is 16.8 Å². The Morgan fingerprint density at radius 2 is 1.27 bits per heavy atom. The van der Waals surface area contributed by atoms with Gasteiger partial charge in [-0.25, -0.2) is 0 Å². The highest BCUT2D eigenvalue weighted by atomic mass is 16.1. The minimum Gasteiger partial charge on any atom is -0.289 e. The zero-order valence-electron chi connectivity index (χ0n) is 16.7. The van der Waals surface area contributed by atoms with Crippen LogP contribution in [0.2, 0.25) is 0 Å². The maximum absolute atomic E-state index is 13.0. The summed E-state index contributed by atoms with van der Waals surface area (Å²) in [5.74, 6) is 0.181. The van der Waals surface area contributed by atoms with Crippen molar-refractivity contribution in [3.8, 4) is 0 Å². The molecule has 1 heteroatoms. The Bertz CT molecular complexity index is 918. The molecular weight excluding hydrogens is 316 g/mol. The van der Waals surface area contributed by atoms with Gasteiger partial charge in [0, 0.05) is 11.1 Å². The predicted molar refractivity (Wildman–Crippen MR) is 112 cm³/mol. The normalized spacial score (nSPS) is 15.8. The topological polar surface area (TPSA) is 17.1 Å². The number of allylic oxidation sites excluding steroid dienone is 5. The molecule has 0 heterocycles. The van der Waals surface area contributed by atoms with E-state index in [-0.39, 0.29) is 16.6 Å². The van der Waals surface area contributed by atoms with Gasteiger partial charge in [0.2, 0.25) is 0 Å². The van der Waals surface area contributed by atoms with Gasteiger partial charge in [0.25, 0.3) is 0 Å². The molecule has 0 aliphatic heterocycles. The lowest BCUT2D eigenvalue weighted by Gasteiger charge is -2.31. The number of carbonyl (C=O) groups is 1. The first-order chi connectivity index (χ1) is 12.1. The SMILES string of the molecule is CC(C)(C)C1=CC(=Cc2ccc3ccccc3c2)C=C(C(C)(C)C)C1=O. The number of carbonyl (C=O) groups excluding carboxylic acids is 1. The Balaban J connectivity index is 2.13. The van der Waals surface area contributed by atoms with Gasteiger partial charge in [0.15, 0.2) is 5.78 Å². The number of rotatable bonds is 1. The van der Waals surface area contributed by atoms with Gasteiger partial charge in [0.1, 0.15) is 0 Å². The molecule has 2 aromatic rings. The molecule has 0 spiro atoms. The van der Waals surface area contributed by atoms with Crippen molar-refractivity contribution in [2.24, 2.45) is 10.8 Å². The predicted octanol–water partition coefficient (Wildman–Crippen LogP) is 6.75. The smallest absolute Gasteiger partial charge is 0.186 e. The van der Waals surface area contributed by atoms with E-state index >= 15 is 0 Å². The van der Waals surface area contributed by atoms with E-state index in [0.29, 0.717) is 0 Å². The minimum atomic E-state index is -0.176. The monoisotopic (exact) mass is 344 g/mol. The minimum absolute atomic E-state index is 0.176. The Morgan fingerprint density at radius 1 is 0.731 bits per heavy atom. The zero-order chi connectivity index (χ0) is 19.1. The summed E-state index contributed by atoms with van der Waals surface area (Å²) >= 11 is 0. The molecule has 0 atom stereocenters. The van der Waals surface area contributed by atoms with Gasteiger partial charge in [-0.2, -0.15) is 0 Å². The molecule has 0 saturated carbocycles. The van der Waals surface area contributed by atoms with Gasteiger partial charge >= 0.3 is 0 Å². The Labute approximate surface area is 157 Å². The molecule has 0 saturated heterocycles. The molecule has 3 rings (SSSR count). The second-order valence-electron chi connectivity index (χ2n) is 9.20. The molecule has 0 fully saturated rings. The molecule has 1 aliphatic carbocycles. The number of fused-ring (bicyclic) bond motifs is 1. The average molecular weight is 344 g/mol. The van der Waals surface area contributed by atoms with E-state index in [0.717, 1.165) is 22.3 Å². The second kappa shape index (κ2) is 6.39. The third-order valence-corrected chi connectivity index (χ3v) is 4.83. The fourth-order valence-electron chi connectivity index (χ4n) is 3.34. The van der Waals surface area contributed by atoms with Crippen LogP contribution in [0.1, 0.15) is 47.1 Å². The molecule has 0 N–H and O–H groups in total. The Kier molecular flexibility index (Phi) is 4.52. The van der Waals surface area contributed by atoms with Gasteiger partial charge in [0.05, 0.1) is 0 Å². The van der Waals surface area contributed by atoms with Crippen molar-refractivity contribution in [2.45, 2.75) is 41.5 Å². The van der Waals surface area contributed by atoms with Crippen molar-refractivity contribution >= 4 is 22.6 Å². The molecule has 0 bridgehead atoms. The third-order valence-electron chi connectivity index (χ3n) is 4.83. The van der Waals surface area contributed by atoms with Gasteiger partial charge in [-0.3, -0.25) is 4.79 Å². The standard InChI is InChI=1S/C25H28O/c1-24(2,3)21-15-18(16-22(23(21)26)25(4,5)6)13-17-11-12-19-9-7-8-10-20(19)14-17/h7-16H,1-6H3. The number of benzene rings is 2. The fourth-order valence-corrected chi connectivity index (χ4v) is 3.34. The summed E-state index contributed by atoms with van der Waals surface area (Å²) in [7, 11) is 0. The van der Waals surface area contributed by atoms with Crippen molar-refractivity contribution in [1.29, 1.82) is 0 Å². The van der Waals surface area contributed by atoms with Gasteiger partial charge in [-0.15, -0.1) is 0 Å². The van der Waals surface area contributed by atoms with E-state index in [1.807, 2.05) is 0 Å². The van der Waals surface area contributed by atoms with Crippen molar-refractivity contribution < 1.29 is 4.79 Å². The van der Waals surface area contributed by atoms with Crippen LogP contribution in [0.15, 0.2) is 71.3 Å². The van der Waals surface area contributed by atoms with Crippen LogP contribution in [0.5, 0.6) is 0 Å². The number of ketones is 1. The molecule has 1 nitrogen and oxygen atoms in total. The van der Waals surface area contributed by atoms with E-state index in [9.17, 15) is 4.79 Å². The van der Waals surface area contributed by atoms with Gasteiger partial charge in [-0.05, 0) is 57.0 Å². The molecule has 0 radical (unpaired) electrons. The van der Waals surface area contributed by atoms with E-state index in [1.165, 1.54) is 10.8 Å². The van der Waals surface area contributed by atoms with Crippen LogP contribution < -0.4 is 0 Å². The number of Topliss-reactive ketones (excluding diaryl/α,β-unsaturated/α-hetero) is 1. The number of hydrogen-bond donors (Lipinski definition) is 0. The quantitative estimate of drug-likeness (QED) is 0.559. The summed E-state index contributed by atoms with van der Waals surface area (Å²) in [4.78, 5) is 13.0. The maximum atomic E-state index is 13.0. The van der Waals surface area contributed by atoms with Crippen LogP contribution in [0, 0.1) is 10.8 Å². The van der Waals surface area contributed by atoms with Crippen LogP contribution in [-0.2, 0) is 4.79 Å². The van der Waals surface area contributed by atoms with Crippen molar-refractivity contribution in [3.05, 3.63) is 76.9 Å². The third kappa shape index (κ3) is 3.72. The molecule has 26 heavy (non-hydrogen) atoms. The highest BCUT2D eigenvalue weighted by Crippen LogP contribution is 2.39. The summed E-state index contributed by atoms with van der Waals surface area (Å²) in [5, 5.41) is 2.47. The van der Waals surface area contributed by atoms with E-state index in [2.05, 4.69) is 102 Å². The first-order valence-electron chi connectivity index (χ1n) is 9.25. The van der Waals surface area contributed by atoms with Crippen molar-refractivity contribution in [1.82, 2.24) is 0 Å². The lowest BCUT2D eigenvalue weighted by molar-refractivity contribution is -0.114. The van der Waals surface area contributed by atoms with Crippen LogP contribution >= 0.6 is 0 Å². The first-order valence-corrected chi connectivity index (χ1v) is 9.25. The summed E-state index contributed by atoms with van der Waals surface area (Å²) in [6.45, 7) is 12.6. The molecule has 2 aromatic carbocycles. The lowest BCUT2D eigenvalue weighted by atomic mass is 9.72. The average Bonchev–Trinajstić information content (AvgIpc) is 2.54. The summed E-state index contributed by atoms with van der Waals surface area (Å²) in [5.41, 5.74) is 3.67. The molecule has 0 unspecified atom stereocenters. The summed E-state index contributed by atoms with van der Waals surface area (Å²) < 4.78 is 0. The second-order valence-corrected chi connectivity index (χ2v) is 9.20. The lowest BCUT2D eigenvalue weighted by Crippen LogP contribution is -2.27.